The van der Waals surface area contributed by atoms with Crippen LogP contribution in [0.4, 0.5) is 35.4 Å². The van der Waals surface area contributed by atoms with Crippen LogP contribution in [0.3, 0.4) is 0 Å². The number of nitrogens with one attached hydrogen (secondary N) is 4. The van der Waals surface area contributed by atoms with Crippen LogP contribution in [0.1, 0.15) is 18.2 Å². The number of aromatic nitrogens is 2. The summed E-state index contributed by atoms with van der Waals surface area (Å²) < 4.78 is 38.0. The number of amides is 2. The molecule has 1 heterocycles. The second-order valence-electron chi connectivity index (χ2n) is 5.63. The minimum absolute atomic E-state index is 0.0626. The maximum atomic E-state index is 12.7. The molecule has 7 nitrogen and oxygen atoms in total. The van der Waals surface area contributed by atoms with Crippen LogP contribution in [0.5, 0.6) is 0 Å². The van der Waals surface area contributed by atoms with Gasteiger partial charge in [0.2, 0.25) is 5.95 Å². The van der Waals surface area contributed by atoms with Gasteiger partial charge >= 0.3 is 12.2 Å². The Hall–Kier alpha value is -3.04. The van der Waals surface area contributed by atoms with Gasteiger partial charge in [0.05, 0.1) is 5.56 Å². The number of nitrogens with zero attached hydrogens (tertiary/aromatic N) is 2. The molecule has 2 rings (SSSR count). The van der Waals surface area contributed by atoms with Crippen LogP contribution >= 0.6 is 0 Å². The fourth-order valence-corrected chi connectivity index (χ4v) is 2.22. The lowest BCUT2D eigenvalue weighted by molar-refractivity contribution is -0.137. The van der Waals surface area contributed by atoms with Crippen molar-refractivity contribution < 1.29 is 18.0 Å². The van der Waals surface area contributed by atoms with Gasteiger partial charge in [-0.25, -0.2) is 9.78 Å². The fourth-order valence-electron chi connectivity index (χ4n) is 2.22. The van der Waals surface area contributed by atoms with Gasteiger partial charge in [-0.1, -0.05) is 6.07 Å². The summed E-state index contributed by atoms with van der Waals surface area (Å²) in [6.07, 6.45) is -4.46. The Labute approximate surface area is 154 Å². The lowest BCUT2D eigenvalue weighted by Gasteiger charge is -2.11. The number of carbonyl (C=O) groups excluding carboxylic acids is 1. The summed E-state index contributed by atoms with van der Waals surface area (Å²) in [5.74, 6) is 1.12. The number of alkyl halides is 3. The second-order valence-corrected chi connectivity index (χ2v) is 5.63. The van der Waals surface area contributed by atoms with Crippen molar-refractivity contribution >= 4 is 23.5 Å². The van der Waals surface area contributed by atoms with Gasteiger partial charge in [0, 0.05) is 37.1 Å². The van der Waals surface area contributed by atoms with Crippen LogP contribution in [0.15, 0.2) is 30.3 Å². The number of benzene rings is 1. The zero-order chi connectivity index (χ0) is 19.9. The maximum Gasteiger partial charge on any atom is 0.416 e. The van der Waals surface area contributed by atoms with Crippen molar-refractivity contribution in [1.29, 1.82) is 0 Å². The molecule has 0 spiro atoms. The van der Waals surface area contributed by atoms with Gasteiger partial charge in [-0.3, -0.25) is 0 Å². The molecule has 0 fully saturated rings. The van der Waals surface area contributed by atoms with Crippen molar-refractivity contribution in [3.63, 3.8) is 0 Å². The van der Waals surface area contributed by atoms with Crippen LogP contribution < -0.4 is 21.3 Å². The molecule has 0 aliphatic carbocycles. The number of hydrogen-bond acceptors (Lipinski definition) is 5. The first-order valence-electron chi connectivity index (χ1n) is 8.33. The predicted molar refractivity (Wildman–Crippen MR) is 97.9 cm³/mol. The Morgan fingerprint density at radius 2 is 1.89 bits per heavy atom. The molecule has 0 saturated carbocycles. The van der Waals surface area contributed by atoms with E-state index in [9.17, 15) is 18.0 Å². The molecule has 0 aliphatic heterocycles. The molecule has 2 aromatic rings. The van der Waals surface area contributed by atoms with Crippen molar-refractivity contribution in [2.24, 2.45) is 0 Å². The Kier molecular flexibility index (Phi) is 6.80. The van der Waals surface area contributed by atoms with E-state index in [2.05, 4.69) is 31.2 Å². The lowest BCUT2D eigenvalue weighted by atomic mass is 10.2. The first-order chi connectivity index (χ1) is 12.8. The van der Waals surface area contributed by atoms with E-state index in [4.69, 9.17) is 0 Å². The molecule has 4 N–H and O–H groups in total. The quantitative estimate of drug-likeness (QED) is 0.551. The third kappa shape index (κ3) is 6.65. The Balaban J connectivity index is 1.80. The predicted octanol–water partition coefficient (Wildman–Crippen LogP) is 3.47. The highest BCUT2D eigenvalue weighted by Gasteiger charge is 2.30. The zero-order valence-electron chi connectivity index (χ0n) is 14.9. The summed E-state index contributed by atoms with van der Waals surface area (Å²) >= 11 is 0. The van der Waals surface area contributed by atoms with Crippen LogP contribution in [0.25, 0.3) is 0 Å². The van der Waals surface area contributed by atoms with Crippen LogP contribution in [0.2, 0.25) is 0 Å². The Bertz CT molecular complexity index is 782. The van der Waals surface area contributed by atoms with E-state index in [1.807, 2.05) is 19.9 Å². The highest BCUT2D eigenvalue weighted by Crippen LogP contribution is 2.30. The van der Waals surface area contributed by atoms with Gasteiger partial charge in [0.25, 0.3) is 0 Å². The van der Waals surface area contributed by atoms with Gasteiger partial charge in [0.15, 0.2) is 0 Å². The summed E-state index contributed by atoms with van der Waals surface area (Å²) in [7, 11) is 0. The minimum Gasteiger partial charge on any atom is -0.370 e. The molecular weight excluding hydrogens is 361 g/mol. The molecule has 0 bridgehead atoms. The Morgan fingerprint density at radius 3 is 2.59 bits per heavy atom. The summed E-state index contributed by atoms with van der Waals surface area (Å²) in [6, 6.07) is 5.65. The number of hydrogen-bond donors (Lipinski definition) is 4. The van der Waals surface area contributed by atoms with Gasteiger partial charge in [-0.05, 0) is 32.0 Å². The van der Waals surface area contributed by atoms with Crippen LogP contribution in [0, 0.1) is 6.92 Å². The number of halogens is 3. The summed E-state index contributed by atoms with van der Waals surface area (Å²) in [4.78, 5) is 20.3. The number of carbonyl (C=O) groups is 1. The number of aryl methyl sites for hydroxylation is 1. The summed E-state index contributed by atoms with van der Waals surface area (Å²) in [5, 5.41) is 11.0. The second kappa shape index (κ2) is 9.06. The van der Waals surface area contributed by atoms with E-state index >= 15 is 0 Å². The molecule has 146 valence electrons. The first kappa shape index (κ1) is 20.3. The zero-order valence-corrected chi connectivity index (χ0v) is 14.9. The molecule has 27 heavy (non-hydrogen) atoms. The maximum absolute atomic E-state index is 12.7. The lowest BCUT2D eigenvalue weighted by Crippen LogP contribution is -2.33. The number of urea groups is 1. The average molecular weight is 382 g/mol. The first-order valence-corrected chi connectivity index (χ1v) is 8.33. The van der Waals surface area contributed by atoms with E-state index in [0.29, 0.717) is 18.3 Å². The largest absolute Gasteiger partial charge is 0.416 e. The van der Waals surface area contributed by atoms with E-state index < -0.39 is 17.8 Å². The van der Waals surface area contributed by atoms with Gasteiger partial charge in [-0.2, -0.15) is 18.2 Å². The van der Waals surface area contributed by atoms with Crippen LogP contribution in [-0.2, 0) is 6.18 Å². The Morgan fingerprint density at radius 1 is 1.11 bits per heavy atom. The molecule has 0 atom stereocenters. The molecule has 0 aliphatic rings. The molecule has 0 saturated heterocycles. The molecule has 1 aromatic heterocycles. The van der Waals surface area contributed by atoms with Crippen molar-refractivity contribution in [2.75, 3.05) is 35.6 Å². The molecule has 0 radical (unpaired) electrons. The normalized spacial score (nSPS) is 11.0. The number of anilines is 3. The molecular formula is C17H21F3N6O. The molecule has 0 unspecified atom stereocenters. The molecule has 10 heteroatoms. The standard InChI is InChI=1S/C17H21F3N6O/c1-3-21-14-9-11(2)24-15(26-14)22-7-8-23-16(27)25-13-6-4-5-12(10-13)17(18,19)20/h4-6,9-10H,3,7-8H2,1-2H3,(H2,23,25,27)(H2,21,22,24,26). The van der Waals surface area contributed by atoms with E-state index in [1.165, 1.54) is 12.1 Å². The highest BCUT2D eigenvalue weighted by atomic mass is 19.4. The van der Waals surface area contributed by atoms with E-state index in [1.54, 1.807) is 0 Å². The van der Waals surface area contributed by atoms with Gasteiger partial charge < -0.3 is 21.3 Å². The van der Waals surface area contributed by atoms with Crippen molar-refractivity contribution in [3.05, 3.63) is 41.6 Å². The average Bonchev–Trinajstić information content (AvgIpc) is 2.58. The van der Waals surface area contributed by atoms with Crippen molar-refractivity contribution in [1.82, 2.24) is 15.3 Å². The fraction of sp³-hybridized carbons (Fsp3) is 0.353. The van der Waals surface area contributed by atoms with Gasteiger partial charge in [0.1, 0.15) is 5.82 Å². The van der Waals surface area contributed by atoms with Crippen molar-refractivity contribution in [2.45, 2.75) is 20.0 Å². The third-order valence-corrected chi connectivity index (χ3v) is 3.35. The third-order valence-electron chi connectivity index (χ3n) is 3.35. The van der Waals surface area contributed by atoms with E-state index in [0.717, 1.165) is 24.4 Å². The highest BCUT2D eigenvalue weighted by molar-refractivity contribution is 5.89. The monoisotopic (exact) mass is 382 g/mol. The molecule has 1 aromatic carbocycles. The van der Waals surface area contributed by atoms with E-state index in [-0.39, 0.29) is 12.2 Å². The smallest absolute Gasteiger partial charge is 0.370 e. The topological polar surface area (TPSA) is 91.0 Å². The molecule has 2 amide bonds. The van der Waals surface area contributed by atoms with Crippen LogP contribution in [-0.4, -0.2) is 35.6 Å². The van der Waals surface area contributed by atoms with Crippen molar-refractivity contribution in [3.8, 4) is 0 Å². The summed E-state index contributed by atoms with van der Waals surface area (Å²) in [5.41, 5.74) is 0.0290. The SMILES string of the molecule is CCNc1cc(C)nc(NCCNC(=O)Nc2cccc(C(F)(F)F)c2)n1. The van der Waals surface area contributed by atoms with Gasteiger partial charge in [-0.15, -0.1) is 0 Å². The summed E-state index contributed by atoms with van der Waals surface area (Å²) in [6.45, 7) is 5.11. The minimum atomic E-state index is -4.46. The number of rotatable bonds is 7.